The molecule has 2 bridgehead atoms. The number of amides is 1. The number of hydrogen-bond acceptors (Lipinski definition) is 5. The van der Waals surface area contributed by atoms with Gasteiger partial charge in [0.05, 0.1) is 5.92 Å². The summed E-state index contributed by atoms with van der Waals surface area (Å²) in [5, 5.41) is 3.26. The van der Waals surface area contributed by atoms with E-state index in [2.05, 4.69) is 20.2 Å². The lowest BCUT2D eigenvalue weighted by atomic mass is 9.84. The van der Waals surface area contributed by atoms with Crippen molar-refractivity contribution in [3.63, 3.8) is 0 Å². The molecule has 1 aliphatic heterocycles. The van der Waals surface area contributed by atoms with Crippen LogP contribution in [0.2, 0.25) is 0 Å². The Morgan fingerprint density at radius 3 is 2.56 bits per heavy atom. The summed E-state index contributed by atoms with van der Waals surface area (Å²) in [4.78, 5) is 23.5. The van der Waals surface area contributed by atoms with E-state index < -0.39 is 0 Å². The molecule has 2 heterocycles. The quantitative estimate of drug-likeness (QED) is 0.825. The van der Waals surface area contributed by atoms with Crippen LogP contribution in [0.5, 0.6) is 0 Å². The van der Waals surface area contributed by atoms with E-state index in [1.165, 1.54) is 12.8 Å². The van der Waals surface area contributed by atoms with E-state index in [-0.39, 0.29) is 48.7 Å². The average molecular weight is 388 g/mol. The van der Waals surface area contributed by atoms with Gasteiger partial charge < -0.3 is 16.0 Å². The highest BCUT2D eigenvalue weighted by atomic mass is 35.5. The van der Waals surface area contributed by atoms with Crippen molar-refractivity contribution in [2.24, 2.45) is 23.5 Å². The van der Waals surface area contributed by atoms with Gasteiger partial charge in [0.25, 0.3) is 0 Å². The third kappa shape index (κ3) is 4.01. The molecule has 0 spiro atoms. The van der Waals surface area contributed by atoms with Crippen LogP contribution < -0.4 is 16.0 Å². The normalized spacial score (nSPS) is 33.3. The van der Waals surface area contributed by atoms with Gasteiger partial charge in [0.15, 0.2) is 0 Å². The molecular weight excluding hydrogens is 361 g/mol. The second-order valence-corrected chi connectivity index (χ2v) is 7.28. The van der Waals surface area contributed by atoms with Gasteiger partial charge in [-0.1, -0.05) is 0 Å². The summed E-state index contributed by atoms with van der Waals surface area (Å²) in [5.41, 5.74) is 6.30. The first-order chi connectivity index (χ1) is 11.2. The lowest BCUT2D eigenvalue weighted by Gasteiger charge is -2.35. The molecule has 1 aromatic heterocycles. The number of halogens is 2. The molecule has 6 nitrogen and oxygen atoms in total. The third-order valence-corrected chi connectivity index (χ3v) is 5.89. The smallest absolute Gasteiger partial charge is 0.225 e. The minimum atomic E-state index is 0. The number of rotatable bonds is 3. The van der Waals surface area contributed by atoms with Gasteiger partial charge in [0.2, 0.25) is 11.9 Å². The second kappa shape index (κ2) is 8.52. The molecule has 0 radical (unpaired) electrons. The molecule has 1 aromatic rings. The molecule has 8 heteroatoms. The number of hydrogen-bond donors (Lipinski definition) is 2. The maximum atomic E-state index is 12.7. The molecule has 0 aromatic carbocycles. The van der Waals surface area contributed by atoms with Crippen LogP contribution in [0.15, 0.2) is 18.5 Å². The zero-order valence-corrected chi connectivity index (χ0v) is 15.8. The number of fused-ring (bicyclic) bond motifs is 2. The molecule has 25 heavy (non-hydrogen) atoms. The fraction of sp³-hybridized carbons (Fsp3) is 0.706. The summed E-state index contributed by atoms with van der Waals surface area (Å²) >= 11 is 0. The van der Waals surface area contributed by atoms with Crippen molar-refractivity contribution >= 4 is 36.7 Å². The van der Waals surface area contributed by atoms with Crippen LogP contribution in [0, 0.1) is 17.8 Å². The standard InChI is InChI=1S/C17H25N5O.2ClH/c18-15-12-5-4-11(9-12)14(15)16(23)21-13-3-1-8-22(10-13)17-19-6-2-7-20-17;;/h2,6-7,11-15H,1,3-5,8-10,18H2,(H,21,23);2*1H. The van der Waals surface area contributed by atoms with Crippen molar-refractivity contribution in [2.45, 2.75) is 44.2 Å². The molecule has 1 saturated heterocycles. The maximum Gasteiger partial charge on any atom is 0.225 e. The van der Waals surface area contributed by atoms with Gasteiger partial charge in [0, 0.05) is 37.6 Å². The van der Waals surface area contributed by atoms with Gasteiger partial charge in [0.1, 0.15) is 0 Å². The molecule has 4 rings (SSSR count). The predicted octanol–water partition coefficient (Wildman–Crippen LogP) is 1.78. The molecular formula is C17H27Cl2N5O. The van der Waals surface area contributed by atoms with Crippen LogP contribution in [0.4, 0.5) is 5.95 Å². The first-order valence-corrected chi connectivity index (χ1v) is 8.80. The van der Waals surface area contributed by atoms with E-state index in [9.17, 15) is 4.79 Å². The summed E-state index contributed by atoms with van der Waals surface area (Å²) in [6.45, 7) is 1.73. The van der Waals surface area contributed by atoms with Crippen LogP contribution in [-0.2, 0) is 4.79 Å². The summed E-state index contributed by atoms with van der Waals surface area (Å²) < 4.78 is 0. The van der Waals surface area contributed by atoms with E-state index >= 15 is 0 Å². The summed E-state index contributed by atoms with van der Waals surface area (Å²) in [6, 6.07) is 2.06. The van der Waals surface area contributed by atoms with Gasteiger partial charge in [-0.15, -0.1) is 24.8 Å². The molecule has 3 aliphatic rings. The third-order valence-electron chi connectivity index (χ3n) is 5.89. The van der Waals surface area contributed by atoms with E-state index in [1.807, 2.05) is 6.07 Å². The number of carbonyl (C=O) groups is 1. The SMILES string of the molecule is Cl.Cl.NC1C2CCC(C2)C1C(=O)NC1CCCN(c2ncccn2)C1. The van der Waals surface area contributed by atoms with Crippen LogP contribution >= 0.6 is 24.8 Å². The second-order valence-electron chi connectivity index (χ2n) is 7.28. The predicted molar refractivity (Wildman–Crippen MR) is 102 cm³/mol. The van der Waals surface area contributed by atoms with Crippen LogP contribution in [-0.4, -0.2) is 41.0 Å². The lowest BCUT2D eigenvalue weighted by molar-refractivity contribution is -0.127. The molecule has 3 N–H and O–H groups in total. The van der Waals surface area contributed by atoms with Gasteiger partial charge >= 0.3 is 0 Å². The Morgan fingerprint density at radius 2 is 1.88 bits per heavy atom. The van der Waals surface area contributed by atoms with Crippen molar-refractivity contribution in [1.29, 1.82) is 0 Å². The Balaban J connectivity index is 0.00000113. The van der Waals surface area contributed by atoms with Crippen molar-refractivity contribution in [2.75, 3.05) is 18.0 Å². The van der Waals surface area contributed by atoms with Crippen LogP contribution in [0.1, 0.15) is 32.1 Å². The summed E-state index contributed by atoms with van der Waals surface area (Å²) in [6.07, 6.45) is 9.12. The minimum Gasteiger partial charge on any atom is -0.351 e. The first kappa shape index (κ1) is 20.2. The monoisotopic (exact) mass is 387 g/mol. The Bertz CT molecular complexity index is 573. The van der Waals surface area contributed by atoms with Crippen LogP contribution in [0.3, 0.4) is 0 Å². The molecule has 2 saturated carbocycles. The molecule has 5 atom stereocenters. The van der Waals surface area contributed by atoms with E-state index in [0.29, 0.717) is 11.8 Å². The first-order valence-electron chi connectivity index (χ1n) is 8.80. The molecule has 1 amide bonds. The lowest BCUT2D eigenvalue weighted by Crippen LogP contribution is -2.53. The van der Waals surface area contributed by atoms with Gasteiger partial charge in [-0.3, -0.25) is 4.79 Å². The number of anilines is 1. The van der Waals surface area contributed by atoms with E-state index in [1.54, 1.807) is 12.4 Å². The topological polar surface area (TPSA) is 84.1 Å². The Morgan fingerprint density at radius 1 is 1.16 bits per heavy atom. The van der Waals surface area contributed by atoms with Gasteiger partial charge in [-0.25, -0.2) is 9.97 Å². The molecule has 140 valence electrons. The minimum absolute atomic E-state index is 0. The summed E-state index contributed by atoms with van der Waals surface area (Å²) in [7, 11) is 0. The number of carbonyl (C=O) groups excluding carboxylic acids is 1. The summed E-state index contributed by atoms with van der Waals surface area (Å²) in [5.74, 6) is 2.02. The Labute approximate surface area is 161 Å². The molecule has 2 aliphatic carbocycles. The van der Waals surface area contributed by atoms with E-state index in [4.69, 9.17) is 5.73 Å². The Kier molecular flexibility index (Phi) is 6.88. The zero-order valence-electron chi connectivity index (χ0n) is 14.2. The number of nitrogens with zero attached hydrogens (tertiary/aromatic N) is 3. The number of piperidine rings is 1. The number of nitrogens with two attached hydrogens (primary N) is 1. The van der Waals surface area contributed by atoms with E-state index in [0.717, 1.165) is 38.3 Å². The van der Waals surface area contributed by atoms with Gasteiger partial charge in [-0.05, 0) is 50.0 Å². The highest BCUT2D eigenvalue weighted by molar-refractivity contribution is 5.85. The fourth-order valence-corrected chi connectivity index (χ4v) is 4.75. The molecule has 3 fully saturated rings. The fourth-order valence-electron chi connectivity index (χ4n) is 4.75. The van der Waals surface area contributed by atoms with Crippen molar-refractivity contribution < 1.29 is 4.79 Å². The van der Waals surface area contributed by atoms with Crippen molar-refractivity contribution in [1.82, 2.24) is 15.3 Å². The van der Waals surface area contributed by atoms with Gasteiger partial charge in [-0.2, -0.15) is 0 Å². The largest absolute Gasteiger partial charge is 0.351 e. The average Bonchev–Trinajstić information content (AvgIpc) is 3.17. The van der Waals surface area contributed by atoms with Crippen LogP contribution in [0.25, 0.3) is 0 Å². The van der Waals surface area contributed by atoms with Crippen molar-refractivity contribution in [3.8, 4) is 0 Å². The Hall–Kier alpha value is -1.11. The number of aromatic nitrogens is 2. The maximum absolute atomic E-state index is 12.7. The zero-order chi connectivity index (χ0) is 15.8. The number of nitrogens with one attached hydrogen (secondary N) is 1. The highest BCUT2D eigenvalue weighted by Crippen LogP contribution is 2.47. The van der Waals surface area contributed by atoms with Crippen molar-refractivity contribution in [3.05, 3.63) is 18.5 Å². The highest BCUT2D eigenvalue weighted by Gasteiger charge is 2.49. The molecule has 5 unspecified atom stereocenters.